The van der Waals surface area contributed by atoms with E-state index in [1.807, 2.05) is 0 Å². The van der Waals surface area contributed by atoms with E-state index in [2.05, 4.69) is 10.3 Å². The quantitative estimate of drug-likeness (QED) is 0.674. The molecule has 118 valence electrons. The molecular weight excluding hydrogens is 326 g/mol. The molecule has 1 aliphatic rings. The van der Waals surface area contributed by atoms with Crippen LogP contribution in [0.25, 0.3) is 10.2 Å². The molecular formula is C13H15N3O4S2. The zero-order chi connectivity index (χ0) is 15.7. The number of sulfone groups is 1. The van der Waals surface area contributed by atoms with Gasteiger partial charge in [0.15, 0.2) is 0 Å². The predicted octanol–water partition coefficient (Wildman–Crippen LogP) is 1.98. The number of thiazole rings is 1. The highest BCUT2D eigenvalue weighted by Gasteiger charge is 2.26. The summed E-state index contributed by atoms with van der Waals surface area (Å²) in [5.41, 5.74) is 0.281. The third kappa shape index (κ3) is 3.11. The fourth-order valence-corrected chi connectivity index (χ4v) is 5.56. The molecule has 1 saturated heterocycles. The molecule has 0 saturated carbocycles. The van der Waals surface area contributed by atoms with Crippen molar-refractivity contribution in [1.29, 1.82) is 0 Å². The fourth-order valence-electron chi connectivity index (χ4n) is 2.57. The Bertz CT molecular complexity index is 810. The van der Waals surface area contributed by atoms with Crippen LogP contribution in [0.2, 0.25) is 0 Å². The first-order chi connectivity index (χ1) is 10.5. The van der Waals surface area contributed by atoms with Crippen LogP contribution in [0.15, 0.2) is 22.5 Å². The number of nitro benzene ring substituents is 1. The van der Waals surface area contributed by atoms with Gasteiger partial charge in [0.25, 0.3) is 5.69 Å². The van der Waals surface area contributed by atoms with Crippen molar-refractivity contribution in [3.8, 4) is 0 Å². The van der Waals surface area contributed by atoms with E-state index in [9.17, 15) is 18.5 Å². The summed E-state index contributed by atoms with van der Waals surface area (Å²) in [7, 11) is -3.45. The molecule has 0 radical (unpaired) electrons. The van der Waals surface area contributed by atoms with Gasteiger partial charge in [-0.1, -0.05) is 0 Å². The second-order valence-corrected chi connectivity index (χ2v) is 8.60. The van der Waals surface area contributed by atoms with Crippen LogP contribution in [0.4, 0.5) is 5.69 Å². The van der Waals surface area contributed by atoms with E-state index in [1.54, 1.807) is 6.07 Å². The van der Waals surface area contributed by atoms with E-state index >= 15 is 0 Å². The van der Waals surface area contributed by atoms with Crippen molar-refractivity contribution >= 4 is 37.1 Å². The molecule has 0 atom stereocenters. The van der Waals surface area contributed by atoms with Gasteiger partial charge in [-0.2, -0.15) is 0 Å². The average Bonchev–Trinajstić information content (AvgIpc) is 2.91. The number of non-ortho nitro benzene ring substituents is 1. The zero-order valence-electron chi connectivity index (χ0n) is 11.7. The van der Waals surface area contributed by atoms with Gasteiger partial charge in [-0.05, 0) is 37.9 Å². The van der Waals surface area contributed by atoms with Gasteiger partial charge in [0.1, 0.15) is 0 Å². The first-order valence-electron chi connectivity index (χ1n) is 6.94. The van der Waals surface area contributed by atoms with Crippen molar-refractivity contribution < 1.29 is 13.3 Å². The molecule has 9 heteroatoms. The smallest absolute Gasteiger partial charge is 0.271 e. The standard InChI is InChI=1S/C13H15N3O4S2/c17-16(18)10-1-2-12-11(7-10)15-13(21-12)22(19,20)8-9-3-5-14-6-4-9/h1-2,7,9,14H,3-6,8H2. The van der Waals surface area contributed by atoms with Crippen molar-refractivity contribution in [3.05, 3.63) is 28.3 Å². The van der Waals surface area contributed by atoms with E-state index in [0.29, 0.717) is 10.2 Å². The molecule has 0 spiro atoms. The fraction of sp³-hybridized carbons (Fsp3) is 0.462. The highest BCUT2D eigenvalue weighted by molar-refractivity contribution is 7.93. The number of nitrogens with one attached hydrogen (secondary N) is 1. The normalized spacial score (nSPS) is 16.9. The van der Waals surface area contributed by atoms with Crippen molar-refractivity contribution in [2.45, 2.75) is 17.2 Å². The molecule has 1 aromatic carbocycles. The molecule has 7 nitrogen and oxygen atoms in total. The molecule has 0 amide bonds. The van der Waals surface area contributed by atoms with Gasteiger partial charge in [-0.25, -0.2) is 13.4 Å². The second kappa shape index (κ2) is 5.90. The minimum Gasteiger partial charge on any atom is -0.317 e. The first kappa shape index (κ1) is 15.3. The van der Waals surface area contributed by atoms with Crippen LogP contribution in [0.1, 0.15) is 12.8 Å². The third-order valence-electron chi connectivity index (χ3n) is 3.74. The SMILES string of the molecule is O=[N+]([O-])c1ccc2sc(S(=O)(=O)CC3CCNCC3)nc2c1. The number of nitrogens with zero attached hydrogens (tertiary/aromatic N) is 2. The summed E-state index contributed by atoms with van der Waals surface area (Å²) in [6.45, 7) is 1.68. The van der Waals surface area contributed by atoms with E-state index in [1.165, 1.54) is 12.1 Å². The Kier molecular flexibility index (Phi) is 4.11. The topological polar surface area (TPSA) is 102 Å². The monoisotopic (exact) mass is 341 g/mol. The summed E-state index contributed by atoms with van der Waals surface area (Å²) < 4.78 is 25.7. The van der Waals surface area contributed by atoms with E-state index in [-0.39, 0.29) is 21.7 Å². The van der Waals surface area contributed by atoms with Crippen molar-refractivity contribution in [3.63, 3.8) is 0 Å². The molecule has 1 aliphatic heterocycles. The molecule has 2 heterocycles. The number of nitro groups is 1. The number of piperidine rings is 1. The molecule has 0 aliphatic carbocycles. The number of fused-ring (bicyclic) bond motifs is 1. The number of benzene rings is 1. The van der Waals surface area contributed by atoms with Crippen molar-refractivity contribution in [2.24, 2.45) is 5.92 Å². The van der Waals surface area contributed by atoms with Gasteiger partial charge in [0.05, 0.1) is 20.9 Å². The maximum absolute atomic E-state index is 12.5. The molecule has 22 heavy (non-hydrogen) atoms. The highest BCUT2D eigenvalue weighted by atomic mass is 32.2. The molecule has 1 aromatic heterocycles. The number of aromatic nitrogens is 1. The van der Waals surface area contributed by atoms with E-state index < -0.39 is 14.8 Å². The lowest BCUT2D eigenvalue weighted by Crippen LogP contribution is -2.31. The second-order valence-electron chi connectivity index (χ2n) is 5.36. The lowest BCUT2D eigenvalue weighted by atomic mass is 10.0. The van der Waals surface area contributed by atoms with Gasteiger partial charge < -0.3 is 5.32 Å². The molecule has 1 fully saturated rings. The Morgan fingerprint density at radius 3 is 2.77 bits per heavy atom. The Balaban J connectivity index is 1.89. The van der Waals surface area contributed by atoms with Gasteiger partial charge in [0, 0.05) is 12.1 Å². The van der Waals surface area contributed by atoms with Crippen molar-refractivity contribution in [2.75, 3.05) is 18.8 Å². The summed E-state index contributed by atoms with van der Waals surface area (Å²) in [5, 5.41) is 14.0. The summed E-state index contributed by atoms with van der Waals surface area (Å²) in [6, 6.07) is 4.23. The molecule has 2 aromatic rings. The maximum atomic E-state index is 12.5. The van der Waals surface area contributed by atoms with Gasteiger partial charge in [-0.15, -0.1) is 11.3 Å². The number of hydrogen-bond donors (Lipinski definition) is 1. The maximum Gasteiger partial charge on any atom is 0.271 e. The number of rotatable bonds is 4. The minimum atomic E-state index is -3.45. The summed E-state index contributed by atoms with van der Waals surface area (Å²) in [5.74, 6) is 0.240. The summed E-state index contributed by atoms with van der Waals surface area (Å²) in [4.78, 5) is 14.4. The van der Waals surface area contributed by atoms with Crippen LogP contribution in [0.3, 0.4) is 0 Å². The summed E-state index contributed by atoms with van der Waals surface area (Å²) >= 11 is 1.08. The van der Waals surface area contributed by atoms with E-state index in [0.717, 1.165) is 37.3 Å². The highest BCUT2D eigenvalue weighted by Crippen LogP contribution is 2.30. The molecule has 3 rings (SSSR count). The van der Waals surface area contributed by atoms with Gasteiger partial charge >= 0.3 is 0 Å². The van der Waals surface area contributed by atoms with Crippen LogP contribution < -0.4 is 5.32 Å². The van der Waals surface area contributed by atoms with Crippen LogP contribution >= 0.6 is 11.3 Å². The lowest BCUT2D eigenvalue weighted by Gasteiger charge is -2.21. The Morgan fingerprint density at radius 2 is 2.09 bits per heavy atom. The number of hydrogen-bond acceptors (Lipinski definition) is 7. The predicted molar refractivity (Wildman–Crippen MR) is 83.9 cm³/mol. The van der Waals surface area contributed by atoms with Gasteiger partial charge in [0.2, 0.25) is 14.2 Å². The van der Waals surface area contributed by atoms with Crippen LogP contribution in [0, 0.1) is 16.0 Å². The van der Waals surface area contributed by atoms with Crippen LogP contribution in [-0.2, 0) is 9.84 Å². The van der Waals surface area contributed by atoms with E-state index in [4.69, 9.17) is 0 Å². The molecule has 0 unspecified atom stereocenters. The molecule has 1 N–H and O–H groups in total. The Morgan fingerprint density at radius 1 is 1.36 bits per heavy atom. The Labute approximate surface area is 131 Å². The minimum absolute atomic E-state index is 0.0570. The lowest BCUT2D eigenvalue weighted by molar-refractivity contribution is -0.384. The largest absolute Gasteiger partial charge is 0.317 e. The van der Waals surface area contributed by atoms with Crippen molar-refractivity contribution in [1.82, 2.24) is 10.3 Å². The average molecular weight is 341 g/mol. The molecule has 0 bridgehead atoms. The Hall–Kier alpha value is -1.58. The third-order valence-corrected chi connectivity index (χ3v) is 7.12. The van der Waals surface area contributed by atoms with Crippen LogP contribution in [-0.4, -0.2) is 37.2 Å². The van der Waals surface area contributed by atoms with Gasteiger partial charge in [-0.3, -0.25) is 10.1 Å². The zero-order valence-corrected chi connectivity index (χ0v) is 13.3. The summed E-state index contributed by atoms with van der Waals surface area (Å²) in [6.07, 6.45) is 1.69. The first-order valence-corrected chi connectivity index (χ1v) is 9.41. The van der Waals surface area contributed by atoms with Crippen LogP contribution in [0.5, 0.6) is 0 Å².